The quantitative estimate of drug-likeness (QED) is 0.595. The van der Waals surface area contributed by atoms with E-state index in [2.05, 4.69) is 38.0 Å². The minimum Gasteiger partial charge on any atom is -0.495 e. The highest BCUT2D eigenvalue weighted by atomic mass is 35.5. The standard InChI is InChI=1S/C20H16ClN7O/c1-29-17-11-13(3-2-10-22)6-9-16(17)25-20-26-19(18(21)27-28-20)24-15-7-4-14(12-23)5-8-15/h4-9,11H,2-3H2,1H3,(H2,24,25,26,28). The van der Waals surface area contributed by atoms with Gasteiger partial charge in [-0.15, -0.1) is 10.2 Å². The molecule has 9 heteroatoms. The van der Waals surface area contributed by atoms with Gasteiger partial charge in [-0.1, -0.05) is 17.7 Å². The van der Waals surface area contributed by atoms with E-state index in [0.29, 0.717) is 41.3 Å². The first-order valence-electron chi connectivity index (χ1n) is 8.61. The Bertz CT molecular complexity index is 1090. The molecule has 0 aliphatic heterocycles. The fourth-order valence-corrected chi connectivity index (χ4v) is 2.65. The van der Waals surface area contributed by atoms with Crippen LogP contribution in [0.1, 0.15) is 17.5 Å². The van der Waals surface area contributed by atoms with Gasteiger partial charge in [0.05, 0.1) is 30.5 Å². The highest BCUT2D eigenvalue weighted by Gasteiger charge is 2.11. The molecule has 0 saturated carbocycles. The average molecular weight is 406 g/mol. The van der Waals surface area contributed by atoms with E-state index in [1.807, 2.05) is 18.2 Å². The maximum atomic E-state index is 8.89. The largest absolute Gasteiger partial charge is 0.495 e. The van der Waals surface area contributed by atoms with Gasteiger partial charge < -0.3 is 15.4 Å². The van der Waals surface area contributed by atoms with Crippen molar-refractivity contribution >= 4 is 34.7 Å². The second kappa shape index (κ2) is 9.36. The van der Waals surface area contributed by atoms with Crippen LogP contribution in [0.5, 0.6) is 5.75 Å². The molecule has 8 nitrogen and oxygen atoms in total. The maximum Gasteiger partial charge on any atom is 0.249 e. The van der Waals surface area contributed by atoms with Crippen molar-refractivity contribution in [1.29, 1.82) is 10.5 Å². The molecule has 2 N–H and O–H groups in total. The number of halogens is 1. The fourth-order valence-electron chi connectivity index (χ4n) is 2.53. The number of hydrogen-bond donors (Lipinski definition) is 2. The van der Waals surface area contributed by atoms with Crippen molar-refractivity contribution in [2.24, 2.45) is 0 Å². The summed E-state index contributed by atoms with van der Waals surface area (Å²) in [4.78, 5) is 4.36. The maximum absolute atomic E-state index is 8.89. The summed E-state index contributed by atoms with van der Waals surface area (Å²) < 4.78 is 5.42. The SMILES string of the molecule is COc1cc(CCC#N)ccc1Nc1nnc(Cl)c(Nc2ccc(C#N)cc2)n1. The Kier molecular flexibility index (Phi) is 6.41. The predicted octanol–water partition coefficient (Wildman–Crippen LogP) is 4.35. The average Bonchev–Trinajstić information content (AvgIpc) is 2.75. The molecule has 3 aromatic rings. The smallest absolute Gasteiger partial charge is 0.249 e. The van der Waals surface area contributed by atoms with Gasteiger partial charge in [0.15, 0.2) is 11.0 Å². The number of nitrogens with one attached hydrogen (secondary N) is 2. The van der Waals surface area contributed by atoms with Gasteiger partial charge in [0.25, 0.3) is 0 Å². The van der Waals surface area contributed by atoms with Gasteiger partial charge in [0.2, 0.25) is 5.95 Å². The number of nitrogens with zero attached hydrogens (tertiary/aromatic N) is 5. The van der Waals surface area contributed by atoms with Crippen LogP contribution in [0.3, 0.4) is 0 Å². The predicted molar refractivity (Wildman–Crippen MR) is 109 cm³/mol. The number of rotatable bonds is 7. The summed E-state index contributed by atoms with van der Waals surface area (Å²) in [7, 11) is 1.56. The molecular formula is C20H16ClN7O. The van der Waals surface area contributed by atoms with E-state index in [0.717, 1.165) is 5.56 Å². The van der Waals surface area contributed by atoms with Crippen molar-refractivity contribution in [3.8, 4) is 17.9 Å². The van der Waals surface area contributed by atoms with Crippen LogP contribution in [0.15, 0.2) is 42.5 Å². The van der Waals surface area contributed by atoms with Crippen LogP contribution < -0.4 is 15.4 Å². The zero-order valence-electron chi connectivity index (χ0n) is 15.5. The van der Waals surface area contributed by atoms with E-state index in [1.54, 1.807) is 31.4 Å². The fraction of sp³-hybridized carbons (Fsp3) is 0.150. The van der Waals surface area contributed by atoms with E-state index >= 15 is 0 Å². The van der Waals surface area contributed by atoms with E-state index in [1.165, 1.54) is 0 Å². The number of benzene rings is 2. The van der Waals surface area contributed by atoms with Gasteiger partial charge in [-0.2, -0.15) is 15.5 Å². The van der Waals surface area contributed by atoms with E-state index in [4.69, 9.17) is 26.9 Å². The van der Waals surface area contributed by atoms with Crippen molar-refractivity contribution in [2.75, 3.05) is 17.7 Å². The molecule has 144 valence electrons. The Hall–Kier alpha value is -3.88. The first kappa shape index (κ1) is 19.9. The summed E-state index contributed by atoms with van der Waals surface area (Å²) in [5, 5.41) is 31.7. The molecular weight excluding hydrogens is 390 g/mol. The van der Waals surface area contributed by atoms with Crippen molar-refractivity contribution in [3.63, 3.8) is 0 Å². The number of hydrogen-bond acceptors (Lipinski definition) is 8. The number of aromatic nitrogens is 3. The van der Waals surface area contributed by atoms with Crippen LogP contribution in [-0.4, -0.2) is 22.3 Å². The van der Waals surface area contributed by atoms with Crippen LogP contribution in [0.4, 0.5) is 23.1 Å². The minimum absolute atomic E-state index is 0.110. The number of ether oxygens (including phenoxy) is 1. The molecule has 0 spiro atoms. The molecule has 1 heterocycles. The molecule has 3 rings (SSSR count). The Morgan fingerprint density at radius 1 is 1.07 bits per heavy atom. The van der Waals surface area contributed by atoms with Crippen LogP contribution in [0, 0.1) is 22.7 Å². The third-order valence-corrected chi connectivity index (χ3v) is 4.21. The third-order valence-electron chi connectivity index (χ3n) is 3.96. The van der Waals surface area contributed by atoms with E-state index < -0.39 is 0 Å². The third kappa shape index (κ3) is 5.10. The van der Waals surface area contributed by atoms with Gasteiger partial charge in [0, 0.05) is 12.1 Å². The molecule has 0 amide bonds. The normalized spacial score (nSPS) is 9.93. The summed E-state index contributed by atoms with van der Waals surface area (Å²) in [5.41, 5.74) is 2.90. The summed E-state index contributed by atoms with van der Waals surface area (Å²) >= 11 is 6.11. The first-order chi connectivity index (χ1) is 14.1. The second-order valence-electron chi connectivity index (χ2n) is 5.91. The second-order valence-corrected chi connectivity index (χ2v) is 6.26. The molecule has 0 saturated heterocycles. The monoisotopic (exact) mass is 405 g/mol. The molecule has 29 heavy (non-hydrogen) atoms. The Morgan fingerprint density at radius 3 is 2.55 bits per heavy atom. The van der Waals surface area contributed by atoms with Gasteiger partial charge in [0.1, 0.15) is 5.75 Å². The molecule has 0 unspecified atom stereocenters. The number of aryl methyl sites for hydroxylation is 1. The number of anilines is 4. The molecule has 0 aliphatic carbocycles. The molecule has 0 fully saturated rings. The molecule has 0 bridgehead atoms. The Labute approximate surface area is 172 Å². The van der Waals surface area contributed by atoms with Crippen LogP contribution in [0.25, 0.3) is 0 Å². The van der Waals surface area contributed by atoms with Gasteiger partial charge in [-0.25, -0.2) is 0 Å². The molecule has 0 atom stereocenters. The van der Waals surface area contributed by atoms with Crippen LogP contribution in [-0.2, 0) is 6.42 Å². The van der Waals surface area contributed by atoms with Crippen molar-refractivity contribution in [3.05, 3.63) is 58.7 Å². The van der Waals surface area contributed by atoms with Crippen molar-refractivity contribution < 1.29 is 4.74 Å². The first-order valence-corrected chi connectivity index (χ1v) is 8.99. The van der Waals surface area contributed by atoms with Crippen LogP contribution >= 0.6 is 11.6 Å². The lowest BCUT2D eigenvalue weighted by molar-refractivity contribution is 0.416. The lowest BCUT2D eigenvalue weighted by Gasteiger charge is -2.12. The van der Waals surface area contributed by atoms with Gasteiger partial charge in [-0.05, 0) is 48.4 Å². The lowest BCUT2D eigenvalue weighted by Crippen LogP contribution is -2.05. The number of methoxy groups -OCH3 is 1. The number of nitriles is 2. The van der Waals surface area contributed by atoms with Gasteiger partial charge >= 0.3 is 0 Å². The van der Waals surface area contributed by atoms with Crippen molar-refractivity contribution in [1.82, 2.24) is 15.2 Å². The van der Waals surface area contributed by atoms with Gasteiger partial charge in [-0.3, -0.25) is 0 Å². The molecule has 2 aromatic carbocycles. The summed E-state index contributed by atoms with van der Waals surface area (Å²) in [6.45, 7) is 0. The zero-order valence-corrected chi connectivity index (χ0v) is 16.2. The summed E-state index contributed by atoms with van der Waals surface area (Å²) in [6, 6.07) is 16.6. The van der Waals surface area contributed by atoms with E-state index in [-0.39, 0.29) is 11.1 Å². The van der Waals surface area contributed by atoms with Crippen LogP contribution in [0.2, 0.25) is 5.15 Å². The van der Waals surface area contributed by atoms with Crippen molar-refractivity contribution in [2.45, 2.75) is 12.8 Å². The Morgan fingerprint density at radius 2 is 1.86 bits per heavy atom. The lowest BCUT2D eigenvalue weighted by atomic mass is 10.1. The molecule has 0 aliphatic rings. The summed E-state index contributed by atoms with van der Waals surface area (Å²) in [6.07, 6.45) is 1.08. The highest BCUT2D eigenvalue weighted by Crippen LogP contribution is 2.29. The zero-order chi connectivity index (χ0) is 20.6. The summed E-state index contributed by atoms with van der Waals surface area (Å²) in [5.74, 6) is 1.15. The molecule has 0 radical (unpaired) electrons. The highest BCUT2D eigenvalue weighted by molar-refractivity contribution is 6.31. The van der Waals surface area contributed by atoms with E-state index in [9.17, 15) is 0 Å². The Balaban J connectivity index is 1.80. The minimum atomic E-state index is 0.110. The molecule has 1 aromatic heterocycles. The topological polar surface area (TPSA) is 120 Å².